The average molecular weight is 737 g/mol. The maximum absolute atomic E-state index is 14.1. The number of aromatic nitrogens is 3. The standard InChI is InChI=1S/C31H26ClF9N6O3/c32-19-2-1-3-20(33)24(19)27(49)42-12-14-4-9-18(31(39,40)41)21(10-14)44-29-45-22-11-17(28(46-25(22)47-29)50-13-23(34)35)26(48)43-16-7-5-15(6-8-16)30(36,37)38/h1-4,9-11,15-16,23H,5-8,12-13H2,(H,42,49)(H,43,48)(H2,44,45,46,47)/t15-,16-. The van der Waals surface area contributed by atoms with Crippen molar-refractivity contribution in [1.29, 1.82) is 0 Å². The van der Waals surface area contributed by atoms with E-state index in [-0.39, 0.29) is 65.5 Å². The molecule has 2 amide bonds. The van der Waals surface area contributed by atoms with Gasteiger partial charge in [0.05, 0.1) is 27.8 Å². The second kappa shape index (κ2) is 14.6. The van der Waals surface area contributed by atoms with Crippen LogP contribution in [0.5, 0.6) is 5.88 Å². The van der Waals surface area contributed by atoms with Gasteiger partial charge in [0.1, 0.15) is 16.9 Å². The number of H-pyrrole nitrogens is 1. The largest absolute Gasteiger partial charge is 0.471 e. The predicted octanol–water partition coefficient (Wildman–Crippen LogP) is 7.94. The summed E-state index contributed by atoms with van der Waals surface area (Å²) in [5.74, 6) is -5.10. The van der Waals surface area contributed by atoms with Crippen LogP contribution in [0.4, 0.5) is 51.1 Å². The minimum atomic E-state index is -4.87. The van der Waals surface area contributed by atoms with E-state index < -0.39 is 77.7 Å². The molecule has 0 unspecified atom stereocenters. The first kappa shape index (κ1) is 36.5. The average Bonchev–Trinajstić information content (AvgIpc) is 3.42. The Hall–Kier alpha value is -4.74. The molecule has 1 fully saturated rings. The van der Waals surface area contributed by atoms with Crippen LogP contribution in [0.2, 0.25) is 5.02 Å². The van der Waals surface area contributed by atoms with Gasteiger partial charge in [0.15, 0.2) is 12.3 Å². The molecule has 0 radical (unpaired) electrons. The van der Waals surface area contributed by atoms with Gasteiger partial charge in [-0.3, -0.25) is 9.59 Å². The van der Waals surface area contributed by atoms with Crippen molar-refractivity contribution < 1.29 is 53.8 Å². The second-order valence-corrected chi connectivity index (χ2v) is 11.7. The number of fused-ring (bicyclic) bond motifs is 1. The minimum Gasteiger partial charge on any atom is -0.471 e. The molecule has 50 heavy (non-hydrogen) atoms. The number of pyridine rings is 1. The van der Waals surface area contributed by atoms with Gasteiger partial charge in [0, 0.05) is 12.6 Å². The van der Waals surface area contributed by atoms with Crippen LogP contribution in [-0.2, 0) is 12.7 Å². The molecule has 9 nitrogen and oxygen atoms in total. The minimum absolute atomic E-state index is 0.0104. The smallest absolute Gasteiger partial charge is 0.418 e. The van der Waals surface area contributed by atoms with Gasteiger partial charge in [-0.05, 0) is 61.6 Å². The molecule has 0 spiro atoms. The first-order chi connectivity index (χ1) is 23.5. The molecule has 2 heterocycles. The summed E-state index contributed by atoms with van der Waals surface area (Å²) in [4.78, 5) is 36.4. The van der Waals surface area contributed by atoms with Crippen molar-refractivity contribution in [1.82, 2.24) is 25.6 Å². The Morgan fingerprint density at radius 3 is 2.34 bits per heavy atom. The Balaban J connectivity index is 1.39. The SMILES string of the molecule is O=C(N[C@H]1CC[C@H](C(F)(F)F)CC1)c1cc2nc(Nc3cc(CNC(=O)c4c(F)cccc4Cl)ccc3C(F)(F)F)[nH]c2nc1OCC(F)F. The van der Waals surface area contributed by atoms with E-state index >= 15 is 0 Å². The Kier molecular flexibility index (Phi) is 10.7. The van der Waals surface area contributed by atoms with Crippen molar-refractivity contribution in [3.8, 4) is 5.88 Å². The number of imidazole rings is 1. The highest BCUT2D eigenvalue weighted by atomic mass is 35.5. The highest BCUT2D eigenvalue weighted by Crippen LogP contribution is 2.38. The summed E-state index contributed by atoms with van der Waals surface area (Å²) in [5, 5.41) is 7.25. The lowest BCUT2D eigenvalue weighted by atomic mass is 9.85. The molecule has 1 aliphatic carbocycles. The molecule has 1 aliphatic rings. The molecular formula is C31H26ClF9N6O3. The maximum Gasteiger partial charge on any atom is 0.418 e. The van der Waals surface area contributed by atoms with Crippen molar-refractivity contribution in [3.05, 3.63) is 75.6 Å². The number of benzene rings is 2. The lowest BCUT2D eigenvalue weighted by Crippen LogP contribution is -2.40. The second-order valence-electron chi connectivity index (χ2n) is 11.3. The van der Waals surface area contributed by atoms with E-state index in [1.807, 2.05) is 0 Å². The summed E-state index contributed by atoms with van der Waals surface area (Å²) < 4.78 is 126. The van der Waals surface area contributed by atoms with Gasteiger partial charge in [-0.15, -0.1) is 0 Å². The lowest BCUT2D eigenvalue weighted by Gasteiger charge is -2.30. The number of alkyl halides is 8. The fraction of sp³-hybridized carbons (Fsp3) is 0.355. The molecule has 1 saturated carbocycles. The Morgan fingerprint density at radius 2 is 1.70 bits per heavy atom. The molecule has 4 N–H and O–H groups in total. The van der Waals surface area contributed by atoms with Crippen LogP contribution >= 0.6 is 11.6 Å². The van der Waals surface area contributed by atoms with Gasteiger partial charge in [-0.1, -0.05) is 23.7 Å². The number of nitrogens with zero attached hydrogens (tertiary/aromatic N) is 2. The number of carbonyl (C=O) groups excluding carboxylic acids is 2. The Labute approximate surface area is 281 Å². The normalized spacial score (nSPS) is 16.8. The number of anilines is 2. The van der Waals surface area contributed by atoms with Crippen LogP contribution < -0.4 is 20.7 Å². The summed E-state index contributed by atoms with van der Waals surface area (Å²) >= 11 is 5.91. The highest BCUT2D eigenvalue weighted by molar-refractivity contribution is 6.33. The number of hydrogen-bond acceptors (Lipinski definition) is 6. The summed E-state index contributed by atoms with van der Waals surface area (Å²) in [6.45, 7) is -1.50. The molecule has 0 saturated heterocycles. The third-order valence-electron chi connectivity index (χ3n) is 7.84. The molecule has 0 aliphatic heterocycles. The molecular weight excluding hydrogens is 711 g/mol. The van der Waals surface area contributed by atoms with Crippen LogP contribution in [0.15, 0.2) is 42.5 Å². The summed E-state index contributed by atoms with van der Waals surface area (Å²) in [5.41, 5.74) is -2.61. The zero-order chi connectivity index (χ0) is 36.4. The number of nitrogens with one attached hydrogen (secondary N) is 4. The fourth-order valence-electron chi connectivity index (χ4n) is 5.39. The van der Waals surface area contributed by atoms with E-state index in [0.717, 1.165) is 30.3 Å². The van der Waals surface area contributed by atoms with E-state index in [0.29, 0.717) is 0 Å². The number of rotatable bonds is 10. The van der Waals surface area contributed by atoms with Gasteiger partial charge in [-0.2, -0.15) is 31.3 Å². The molecule has 0 bridgehead atoms. The van der Waals surface area contributed by atoms with Gasteiger partial charge >= 0.3 is 12.4 Å². The molecule has 4 aromatic rings. The molecule has 19 heteroatoms. The third kappa shape index (κ3) is 8.70. The molecule has 268 valence electrons. The Morgan fingerprint density at radius 1 is 0.980 bits per heavy atom. The molecule has 2 aromatic carbocycles. The zero-order valence-electron chi connectivity index (χ0n) is 25.4. The van der Waals surface area contributed by atoms with Crippen molar-refractivity contribution in [2.24, 2.45) is 5.92 Å². The predicted molar refractivity (Wildman–Crippen MR) is 162 cm³/mol. The number of ether oxygens (including phenoxy) is 1. The van der Waals surface area contributed by atoms with Crippen LogP contribution in [0.3, 0.4) is 0 Å². The van der Waals surface area contributed by atoms with Gasteiger partial charge < -0.3 is 25.7 Å². The van der Waals surface area contributed by atoms with Crippen molar-refractivity contribution in [2.75, 3.05) is 11.9 Å². The quantitative estimate of drug-likeness (QED) is 0.123. The summed E-state index contributed by atoms with van der Waals surface area (Å²) in [6, 6.07) is 6.90. The summed E-state index contributed by atoms with van der Waals surface area (Å²) in [7, 11) is 0. The molecule has 2 aromatic heterocycles. The van der Waals surface area contributed by atoms with Crippen molar-refractivity contribution >= 4 is 46.2 Å². The number of halogens is 10. The number of hydrogen-bond donors (Lipinski definition) is 4. The summed E-state index contributed by atoms with van der Waals surface area (Å²) in [6.07, 6.45) is -12.6. The lowest BCUT2D eigenvalue weighted by molar-refractivity contribution is -0.182. The van der Waals surface area contributed by atoms with E-state index in [4.69, 9.17) is 16.3 Å². The first-order valence-electron chi connectivity index (χ1n) is 14.9. The highest BCUT2D eigenvalue weighted by Gasteiger charge is 2.41. The van der Waals surface area contributed by atoms with E-state index in [2.05, 4.69) is 30.9 Å². The molecule has 0 atom stereocenters. The Bertz CT molecular complexity index is 1850. The molecule has 5 rings (SSSR count). The van der Waals surface area contributed by atoms with Crippen molar-refractivity contribution in [2.45, 2.75) is 57.0 Å². The van der Waals surface area contributed by atoms with Crippen molar-refractivity contribution in [3.63, 3.8) is 0 Å². The van der Waals surface area contributed by atoms with E-state index in [1.165, 1.54) is 12.1 Å². The van der Waals surface area contributed by atoms with Gasteiger partial charge in [-0.25, -0.2) is 18.2 Å². The zero-order valence-corrected chi connectivity index (χ0v) is 26.2. The van der Waals surface area contributed by atoms with Gasteiger partial charge in [0.25, 0.3) is 18.2 Å². The van der Waals surface area contributed by atoms with Crippen LogP contribution in [0.1, 0.15) is 57.5 Å². The number of amides is 2. The fourth-order valence-corrected chi connectivity index (χ4v) is 5.64. The number of aromatic amines is 1. The van der Waals surface area contributed by atoms with Crippen LogP contribution in [0, 0.1) is 11.7 Å². The first-order valence-corrected chi connectivity index (χ1v) is 15.3. The third-order valence-corrected chi connectivity index (χ3v) is 8.15. The van der Waals surface area contributed by atoms with Gasteiger partial charge in [0.2, 0.25) is 11.8 Å². The number of carbonyl (C=O) groups is 2. The topological polar surface area (TPSA) is 121 Å². The maximum atomic E-state index is 14.1. The van der Waals surface area contributed by atoms with Crippen LogP contribution in [0.25, 0.3) is 11.2 Å². The van der Waals surface area contributed by atoms with E-state index in [9.17, 15) is 49.1 Å². The van der Waals surface area contributed by atoms with Crippen LogP contribution in [-0.4, -0.2) is 52.0 Å². The monoisotopic (exact) mass is 736 g/mol. The van der Waals surface area contributed by atoms with E-state index in [1.54, 1.807) is 0 Å².